The fourth-order valence-corrected chi connectivity index (χ4v) is 3.28. The van der Waals surface area contributed by atoms with Crippen molar-refractivity contribution in [2.24, 2.45) is 0 Å². The molecule has 0 unspecified atom stereocenters. The van der Waals surface area contributed by atoms with Crippen LogP contribution in [0.2, 0.25) is 0 Å². The minimum absolute atomic E-state index is 0.0551. The van der Waals surface area contributed by atoms with Gasteiger partial charge in [0.2, 0.25) is 5.91 Å². The molecule has 0 aliphatic heterocycles. The number of nitrogens with one attached hydrogen (secondary N) is 2. The van der Waals surface area contributed by atoms with Gasteiger partial charge in [0.15, 0.2) is 0 Å². The lowest BCUT2D eigenvalue weighted by atomic mass is 9.99. The Hall–Kier alpha value is -2.91. The second kappa shape index (κ2) is 10.0. The predicted molar refractivity (Wildman–Crippen MR) is 114 cm³/mol. The third-order valence-corrected chi connectivity index (χ3v) is 5.42. The molecule has 2 aromatic rings. The zero-order valence-electron chi connectivity index (χ0n) is 17.9. The molecule has 1 heterocycles. The molecule has 0 saturated carbocycles. The van der Waals surface area contributed by atoms with E-state index in [4.69, 9.17) is 0 Å². The number of rotatable bonds is 8. The highest BCUT2D eigenvalue weighted by molar-refractivity contribution is 5.76. The molecular weight excluding hydrogens is 364 g/mol. The summed E-state index contributed by atoms with van der Waals surface area (Å²) in [7, 11) is 2.09. The summed E-state index contributed by atoms with van der Waals surface area (Å²) in [6.45, 7) is 9.18. The largest absolute Gasteiger partial charge is 0.352 e. The molecule has 6 nitrogen and oxygen atoms in total. The van der Waals surface area contributed by atoms with Crippen molar-refractivity contribution in [2.75, 3.05) is 7.05 Å². The molecule has 0 fully saturated rings. The molecule has 0 aliphatic rings. The third kappa shape index (κ3) is 5.78. The van der Waals surface area contributed by atoms with Crippen LogP contribution in [0.5, 0.6) is 0 Å². The van der Waals surface area contributed by atoms with E-state index in [0.717, 1.165) is 17.7 Å². The lowest BCUT2D eigenvalue weighted by Gasteiger charge is -2.22. The van der Waals surface area contributed by atoms with E-state index in [2.05, 4.69) is 42.2 Å². The monoisotopic (exact) mass is 394 g/mol. The van der Waals surface area contributed by atoms with Gasteiger partial charge in [-0.25, -0.2) is 0 Å². The summed E-state index contributed by atoms with van der Waals surface area (Å²) in [6, 6.07) is 10.5. The third-order valence-electron chi connectivity index (χ3n) is 5.42. The Morgan fingerprint density at radius 1 is 1.24 bits per heavy atom. The van der Waals surface area contributed by atoms with E-state index >= 15 is 0 Å². The molecule has 29 heavy (non-hydrogen) atoms. The van der Waals surface area contributed by atoms with Gasteiger partial charge < -0.3 is 10.3 Å². The van der Waals surface area contributed by atoms with Crippen LogP contribution in [0.4, 0.5) is 0 Å². The Bertz CT molecular complexity index is 970. The molecule has 6 heteroatoms. The molecular formula is C23H30N4O2. The number of H-pyrrole nitrogens is 1. The van der Waals surface area contributed by atoms with Gasteiger partial charge in [0.25, 0.3) is 5.56 Å². The first-order valence-electron chi connectivity index (χ1n) is 9.90. The number of aromatic amines is 1. The number of carbonyl (C=O) groups excluding carboxylic acids is 1. The maximum absolute atomic E-state index is 12.4. The van der Waals surface area contributed by atoms with Gasteiger partial charge >= 0.3 is 0 Å². The van der Waals surface area contributed by atoms with Crippen molar-refractivity contribution >= 4 is 5.91 Å². The molecule has 0 radical (unpaired) electrons. The number of nitrogens with zero attached hydrogens (tertiary/aromatic N) is 2. The van der Waals surface area contributed by atoms with Gasteiger partial charge in [0, 0.05) is 31.2 Å². The highest BCUT2D eigenvalue weighted by Crippen LogP contribution is 2.16. The van der Waals surface area contributed by atoms with E-state index in [9.17, 15) is 14.9 Å². The molecule has 1 aromatic carbocycles. The number of carbonyl (C=O) groups is 1. The van der Waals surface area contributed by atoms with Gasteiger partial charge in [0.1, 0.15) is 11.6 Å². The Kier molecular flexibility index (Phi) is 7.74. The number of aromatic nitrogens is 1. The minimum atomic E-state index is -0.376. The van der Waals surface area contributed by atoms with Crippen molar-refractivity contribution in [1.29, 1.82) is 5.26 Å². The molecule has 0 saturated heterocycles. The van der Waals surface area contributed by atoms with Crippen LogP contribution in [0.1, 0.15) is 53.8 Å². The molecule has 154 valence electrons. The summed E-state index contributed by atoms with van der Waals surface area (Å²) in [5, 5.41) is 12.2. The maximum atomic E-state index is 12.4. The normalized spacial score (nSPS) is 11.0. The molecule has 2 rings (SSSR count). The van der Waals surface area contributed by atoms with Crippen LogP contribution in [0.3, 0.4) is 0 Å². The van der Waals surface area contributed by atoms with Crippen molar-refractivity contribution < 1.29 is 4.79 Å². The van der Waals surface area contributed by atoms with Crippen LogP contribution in [-0.2, 0) is 24.3 Å². The van der Waals surface area contributed by atoms with E-state index in [-0.39, 0.29) is 17.0 Å². The lowest BCUT2D eigenvalue weighted by molar-refractivity contribution is -0.121. The van der Waals surface area contributed by atoms with Gasteiger partial charge in [0.05, 0.1) is 0 Å². The fourth-order valence-electron chi connectivity index (χ4n) is 3.28. The predicted octanol–water partition coefficient (Wildman–Crippen LogP) is 2.95. The molecule has 1 amide bonds. The second-order valence-electron chi connectivity index (χ2n) is 7.72. The first-order valence-corrected chi connectivity index (χ1v) is 9.90. The maximum Gasteiger partial charge on any atom is 0.266 e. The number of benzene rings is 1. The summed E-state index contributed by atoms with van der Waals surface area (Å²) < 4.78 is 0. The molecule has 0 atom stereocenters. The van der Waals surface area contributed by atoms with Crippen molar-refractivity contribution in [1.82, 2.24) is 15.2 Å². The summed E-state index contributed by atoms with van der Waals surface area (Å²) in [5.41, 5.74) is 4.28. The molecule has 0 spiro atoms. The fraction of sp³-hybridized carbons (Fsp3) is 0.435. The lowest BCUT2D eigenvalue weighted by Crippen LogP contribution is -2.28. The molecule has 2 N–H and O–H groups in total. The zero-order valence-corrected chi connectivity index (χ0v) is 17.9. The topological polar surface area (TPSA) is 89.0 Å². The van der Waals surface area contributed by atoms with Gasteiger partial charge in [-0.2, -0.15) is 5.26 Å². The quantitative estimate of drug-likeness (QED) is 0.720. The van der Waals surface area contributed by atoms with Crippen molar-refractivity contribution in [3.63, 3.8) is 0 Å². The number of hydrogen-bond acceptors (Lipinski definition) is 4. The number of amides is 1. The van der Waals surface area contributed by atoms with E-state index in [1.165, 1.54) is 5.56 Å². The summed E-state index contributed by atoms with van der Waals surface area (Å²) >= 11 is 0. The van der Waals surface area contributed by atoms with E-state index in [1.807, 2.05) is 24.3 Å². The van der Waals surface area contributed by atoms with Crippen molar-refractivity contribution in [3.05, 3.63) is 68.1 Å². The number of aryl methyl sites for hydroxylation is 1. The molecule has 1 aromatic heterocycles. The van der Waals surface area contributed by atoms with Crippen LogP contribution in [-0.4, -0.2) is 28.9 Å². The van der Waals surface area contributed by atoms with Crippen molar-refractivity contribution in [2.45, 2.75) is 59.7 Å². The van der Waals surface area contributed by atoms with Crippen LogP contribution < -0.4 is 10.9 Å². The Morgan fingerprint density at radius 3 is 2.52 bits per heavy atom. The molecule has 0 bridgehead atoms. The number of hydrogen-bond donors (Lipinski definition) is 2. The SMILES string of the molecule is Cc1[nH]c(=O)c(C#N)c(C)c1CCC(=O)NCc1ccccc1CN(C)C(C)C. The summed E-state index contributed by atoms with van der Waals surface area (Å²) in [4.78, 5) is 29.2. The Labute approximate surface area is 172 Å². The van der Waals surface area contributed by atoms with Gasteiger partial charge in [-0.1, -0.05) is 24.3 Å². The van der Waals surface area contributed by atoms with E-state index in [1.54, 1.807) is 13.8 Å². The second-order valence-corrected chi connectivity index (χ2v) is 7.72. The highest BCUT2D eigenvalue weighted by atomic mass is 16.1. The Balaban J connectivity index is 2.01. The average molecular weight is 395 g/mol. The zero-order chi connectivity index (χ0) is 21.6. The van der Waals surface area contributed by atoms with E-state index < -0.39 is 0 Å². The van der Waals surface area contributed by atoms with E-state index in [0.29, 0.717) is 36.7 Å². The van der Waals surface area contributed by atoms with Crippen LogP contribution in [0.15, 0.2) is 29.1 Å². The van der Waals surface area contributed by atoms with Gasteiger partial charge in [-0.05, 0) is 63.4 Å². The minimum Gasteiger partial charge on any atom is -0.352 e. The molecule has 0 aliphatic carbocycles. The smallest absolute Gasteiger partial charge is 0.266 e. The highest BCUT2D eigenvalue weighted by Gasteiger charge is 2.14. The summed E-state index contributed by atoms with van der Waals surface area (Å²) in [5.74, 6) is -0.0551. The average Bonchev–Trinajstić information content (AvgIpc) is 2.67. The first-order chi connectivity index (χ1) is 13.7. The summed E-state index contributed by atoms with van der Waals surface area (Å²) in [6.07, 6.45) is 0.777. The number of nitriles is 1. The van der Waals surface area contributed by atoms with Crippen LogP contribution >= 0.6 is 0 Å². The number of pyridine rings is 1. The van der Waals surface area contributed by atoms with Crippen molar-refractivity contribution in [3.8, 4) is 6.07 Å². The van der Waals surface area contributed by atoms with Gasteiger partial charge in [-0.15, -0.1) is 0 Å². The van der Waals surface area contributed by atoms with Crippen LogP contribution in [0, 0.1) is 25.2 Å². The Morgan fingerprint density at radius 2 is 1.90 bits per heavy atom. The first kappa shape index (κ1) is 22.4. The standard InChI is InChI=1S/C23H30N4O2/c1-15(2)27(5)14-19-9-7-6-8-18(19)13-25-22(28)11-10-20-16(3)21(12-24)23(29)26-17(20)4/h6-9,15H,10-11,13-14H2,1-5H3,(H,25,28)(H,26,29). The van der Waals surface area contributed by atoms with Gasteiger partial charge in [-0.3, -0.25) is 14.5 Å². The van der Waals surface area contributed by atoms with Crippen LogP contribution in [0.25, 0.3) is 0 Å².